The van der Waals surface area contributed by atoms with E-state index in [1.54, 1.807) is 17.4 Å². The number of nitrogens with zero attached hydrogens (tertiary/aromatic N) is 4. The van der Waals surface area contributed by atoms with Crippen LogP contribution in [-0.4, -0.2) is 27.6 Å². The molecule has 0 bridgehead atoms. The normalized spacial score (nSPS) is 11.7. The molecule has 253 valence electrons. The predicted molar refractivity (Wildman–Crippen MR) is 206 cm³/mol. The van der Waals surface area contributed by atoms with Gasteiger partial charge >= 0.3 is 0 Å². The minimum absolute atomic E-state index is 0. The molecule has 1 radical (unpaired) electrons. The molecule has 0 aliphatic heterocycles. The van der Waals surface area contributed by atoms with Gasteiger partial charge in [0.25, 0.3) is 0 Å². The van der Waals surface area contributed by atoms with Crippen molar-refractivity contribution in [2.45, 2.75) is 45.8 Å². The topological polar surface area (TPSA) is 43.6 Å². The fraction of sp³-hybridized carbons (Fsp3) is 0.167. The Hall–Kier alpha value is -4.33. The number of imidazole rings is 1. The summed E-state index contributed by atoms with van der Waals surface area (Å²) in [5, 5.41) is 3.19. The molecule has 0 fully saturated rings. The van der Waals surface area contributed by atoms with E-state index in [-0.39, 0.29) is 31.3 Å². The molecule has 8 aromatic rings. The Labute approximate surface area is 311 Å². The van der Waals surface area contributed by atoms with Crippen LogP contribution in [0, 0.1) is 17.9 Å². The van der Waals surface area contributed by atoms with Crippen LogP contribution in [-0.2, 0) is 25.5 Å². The van der Waals surface area contributed by atoms with Gasteiger partial charge in [-0.05, 0) is 56.9 Å². The molecule has 0 aliphatic rings. The molecule has 0 spiro atoms. The van der Waals surface area contributed by atoms with Crippen molar-refractivity contribution in [1.82, 2.24) is 19.5 Å². The van der Waals surface area contributed by atoms with Gasteiger partial charge < -0.3 is 9.55 Å². The van der Waals surface area contributed by atoms with E-state index in [0.717, 1.165) is 59.7 Å². The van der Waals surface area contributed by atoms with Crippen LogP contribution in [0.3, 0.4) is 0 Å². The van der Waals surface area contributed by atoms with Crippen molar-refractivity contribution in [2.24, 2.45) is 0 Å². The van der Waals surface area contributed by atoms with Gasteiger partial charge in [0.1, 0.15) is 10.6 Å². The first-order valence-electron chi connectivity index (χ1n) is 16.4. The Morgan fingerprint density at radius 3 is 2.22 bits per heavy atom. The van der Waals surface area contributed by atoms with Crippen molar-refractivity contribution >= 4 is 55.9 Å². The van der Waals surface area contributed by atoms with Crippen molar-refractivity contribution in [3.63, 3.8) is 0 Å². The molecule has 4 aromatic carbocycles. The largest absolute Gasteiger partial charge is 0.333 e. The summed E-state index contributed by atoms with van der Waals surface area (Å²) in [6.07, 6.45) is 3.29. The molecule has 0 aliphatic carbocycles. The zero-order chi connectivity index (χ0) is 34.3. The van der Waals surface area contributed by atoms with Crippen molar-refractivity contribution in [3.05, 3.63) is 139 Å². The SMILES string of the molecule is CC(C)(C)c1ccc(-n2c(-c3[c-]ccc4c3sc3ncc(F)cc34)nc3ccccc32)cc1.C[Si](C)(C)c1ccc(-c2[c-]cccc2)nc1.[Ir]. The fourth-order valence-electron chi connectivity index (χ4n) is 5.88. The van der Waals surface area contributed by atoms with E-state index in [4.69, 9.17) is 4.98 Å². The first-order valence-corrected chi connectivity index (χ1v) is 20.7. The third kappa shape index (κ3) is 7.12. The number of benzene rings is 4. The van der Waals surface area contributed by atoms with Gasteiger partial charge in [-0.1, -0.05) is 87.8 Å². The Morgan fingerprint density at radius 1 is 0.780 bits per heavy atom. The maximum Gasteiger partial charge on any atom is 0.142 e. The van der Waals surface area contributed by atoms with Gasteiger partial charge in [-0.15, -0.1) is 54.1 Å². The number of fused-ring (bicyclic) bond motifs is 4. The Balaban J connectivity index is 0.000000215. The number of thiophene rings is 1. The van der Waals surface area contributed by atoms with E-state index in [0.29, 0.717) is 0 Å². The zero-order valence-corrected chi connectivity index (χ0v) is 33.1. The smallest absolute Gasteiger partial charge is 0.142 e. The van der Waals surface area contributed by atoms with Crippen LogP contribution in [0.1, 0.15) is 26.3 Å². The van der Waals surface area contributed by atoms with E-state index < -0.39 is 8.07 Å². The molecular weight excluding hydrogens is 832 g/mol. The molecule has 0 amide bonds. The third-order valence-corrected chi connectivity index (χ3v) is 11.8. The summed E-state index contributed by atoms with van der Waals surface area (Å²) < 4.78 is 17.1. The molecule has 8 heteroatoms. The second kappa shape index (κ2) is 14.1. The Morgan fingerprint density at radius 2 is 1.54 bits per heavy atom. The standard InChI is InChI=1S/C28H21FN3S.C14H16NSi.Ir/c1-28(2,3)17-11-13-19(14-12-17)32-24-10-5-4-9-23(24)31-26(32)21-8-6-7-20-22-15-18(29)16-30-27(22)33-25(20)21;1-16(2,3)13-9-10-14(15-11-13)12-7-5-4-6-8-12;/h4-7,9-16H,1-3H3;4-7,9-11H,1-3H3;/q2*-1;. The summed E-state index contributed by atoms with van der Waals surface area (Å²) in [6, 6.07) is 41.1. The van der Waals surface area contributed by atoms with Gasteiger partial charge in [-0.25, -0.2) is 9.37 Å². The summed E-state index contributed by atoms with van der Waals surface area (Å²) in [5.74, 6) is 0.486. The minimum atomic E-state index is -1.23. The number of aromatic nitrogens is 4. The van der Waals surface area contributed by atoms with E-state index in [9.17, 15) is 4.39 Å². The molecule has 4 aromatic heterocycles. The summed E-state index contributed by atoms with van der Waals surface area (Å²) >= 11 is 1.55. The number of halogens is 1. The Bertz CT molecular complexity index is 2410. The van der Waals surface area contributed by atoms with Crippen LogP contribution < -0.4 is 5.19 Å². The number of para-hydroxylation sites is 2. The average molecular weight is 869 g/mol. The van der Waals surface area contributed by atoms with Crippen molar-refractivity contribution in [1.29, 1.82) is 0 Å². The Kier molecular flexibility index (Phi) is 10.0. The summed E-state index contributed by atoms with van der Waals surface area (Å²) in [5.41, 5.74) is 7.32. The quantitative estimate of drug-likeness (QED) is 0.131. The average Bonchev–Trinajstić information content (AvgIpc) is 3.67. The summed E-state index contributed by atoms with van der Waals surface area (Å²) in [6.45, 7) is 13.6. The molecule has 0 saturated heterocycles. The van der Waals surface area contributed by atoms with Crippen molar-refractivity contribution < 1.29 is 24.5 Å². The molecule has 4 heterocycles. The summed E-state index contributed by atoms with van der Waals surface area (Å²) in [7, 11) is -1.23. The van der Waals surface area contributed by atoms with Gasteiger partial charge in [-0.3, -0.25) is 4.98 Å². The molecule has 0 unspecified atom stereocenters. The predicted octanol–water partition coefficient (Wildman–Crippen LogP) is 10.8. The molecule has 50 heavy (non-hydrogen) atoms. The van der Waals surface area contributed by atoms with Crippen LogP contribution in [0.25, 0.3) is 59.7 Å². The van der Waals surface area contributed by atoms with Crippen molar-refractivity contribution in [2.75, 3.05) is 0 Å². The molecule has 0 atom stereocenters. The molecule has 0 N–H and O–H groups in total. The van der Waals surface area contributed by atoms with Crippen LogP contribution in [0.2, 0.25) is 19.6 Å². The number of rotatable bonds is 4. The fourth-order valence-corrected chi connectivity index (χ4v) is 8.03. The molecular formula is C42H37FIrN4SSi-2. The van der Waals surface area contributed by atoms with Crippen LogP contribution >= 0.6 is 11.3 Å². The second-order valence-corrected chi connectivity index (χ2v) is 20.3. The van der Waals surface area contributed by atoms with Crippen LogP contribution in [0.5, 0.6) is 0 Å². The number of hydrogen-bond donors (Lipinski definition) is 0. The second-order valence-electron chi connectivity index (χ2n) is 14.2. The monoisotopic (exact) mass is 869 g/mol. The maximum absolute atomic E-state index is 13.9. The van der Waals surface area contributed by atoms with Crippen LogP contribution in [0.4, 0.5) is 4.39 Å². The van der Waals surface area contributed by atoms with Gasteiger partial charge in [0.05, 0.1) is 31.1 Å². The van der Waals surface area contributed by atoms with E-state index in [1.807, 2.05) is 60.8 Å². The van der Waals surface area contributed by atoms with E-state index >= 15 is 0 Å². The van der Waals surface area contributed by atoms with E-state index in [1.165, 1.54) is 16.9 Å². The van der Waals surface area contributed by atoms with Gasteiger partial charge in [0, 0.05) is 37.4 Å². The van der Waals surface area contributed by atoms with Gasteiger partial charge in [0.2, 0.25) is 0 Å². The van der Waals surface area contributed by atoms with Gasteiger partial charge in [-0.2, -0.15) is 11.3 Å². The molecule has 8 rings (SSSR count). The van der Waals surface area contributed by atoms with Crippen LogP contribution in [0.15, 0.2) is 116 Å². The van der Waals surface area contributed by atoms with E-state index in [2.05, 4.69) is 110 Å². The van der Waals surface area contributed by atoms with Gasteiger partial charge in [0.15, 0.2) is 0 Å². The molecule has 0 saturated carbocycles. The minimum Gasteiger partial charge on any atom is -0.333 e. The molecule has 4 nitrogen and oxygen atoms in total. The number of hydrogen-bond acceptors (Lipinski definition) is 4. The first kappa shape index (κ1) is 35.5. The summed E-state index contributed by atoms with van der Waals surface area (Å²) in [4.78, 5) is 14.7. The number of pyridine rings is 2. The maximum atomic E-state index is 13.9. The first-order chi connectivity index (χ1) is 23.5. The third-order valence-electron chi connectivity index (χ3n) is 8.65. The zero-order valence-electron chi connectivity index (χ0n) is 28.9. The van der Waals surface area contributed by atoms with Crippen molar-refractivity contribution in [3.8, 4) is 28.3 Å².